The molecule has 1 amide bonds. The monoisotopic (exact) mass is 296 g/mol. The molecule has 20 heavy (non-hydrogen) atoms. The van der Waals surface area contributed by atoms with Crippen LogP contribution in [0.25, 0.3) is 0 Å². The molecule has 4 heteroatoms. The van der Waals surface area contributed by atoms with Crippen LogP contribution in [0.5, 0.6) is 0 Å². The maximum absolute atomic E-state index is 12.3. The maximum atomic E-state index is 12.3. The highest BCUT2D eigenvalue weighted by Gasteiger charge is 2.30. The smallest absolute Gasteiger partial charge is 0.224 e. The molecule has 0 aromatic heterocycles. The average Bonchev–Trinajstić information content (AvgIpc) is 2.88. The van der Waals surface area contributed by atoms with Gasteiger partial charge in [0, 0.05) is 19.5 Å². The van der Waals surface area contributed by atoms with E-state index in [1.54, 1.807) is 0 Å². The van der Waals surface area contributed by atoms with Gasteiger partial charge in [-0.3, -0.25) is 4.79 Å². The fourth-order valence-corrected chi connectivity index (χ4v) is 2.90. The van der Waals surface area contributed by atoms with Crippen LogP contribution in [0.1, 0.15) is 42.0 Å². The summed E-state index contributed by atoms with van der Waals surface area (Å²) in [6.07, 6.45) is 2.80. The van der Waals surface area contributed by atoms with Crippen molar-refractivity contribution in [2.45, 2.75) is 39.2 Å². The van der Waals surface area contributed by atoms with E-state index < -0.39 is 0 Å². The topological polar surface area (TPSA) is 32.3 Å². The van der Waals surface area contributed by atoms with Gasteiger partial charge in [-0.1, -0.05) is 18.2 Å². The lowest BCUT2D eigenvalue weighted by molar-refractivity contribution is -0.132. The summed E-state index contributed by atoms with van der Waals surface area (Å²) in [4.78, 5) is 14.3. The molecule has 2 rings (SSSR count). The number of amides is 1. The summed E-state index contributed by atoms with van der Waals surface area (Å²) in [5, 5.41) is 3.05. The van der Waals surface area contributed by atoms with E-state index in [0.717, 1.165) is 25.9 Å². The number of hydrogen-bond acceptors (Lipinski definition) is 2. The molecule has 0 aliphatic carbocycles. The zero-order chi connectivity index (χ0) is 13.8. The molecule has 0 radical (unpaired) electrons. The highest BCUT2D eigenvalue weighted by Crippen LogP contribution is 2.34. The Morgan fingerprint density at radius 3 is 2.85 bits per heavy atom. The quantitative estimate of drug-likeness (QED) is 0.926. The average molecular weight is 297 g/mol. The number of likely N-dealkylation sites (tertiary alicyclic amines) is 1. The SMILES string of the molecule is CNCCC(=O)N1CCCC1c1cccc(C)c1C.Cl. The number of benzene rings is 1. The Balaban J connectivity index is 0.00000200. The van der Waals surface area contributed by atoms with E-state index >= 15 is 0 Å². The number of rotatable bonds is 4. The zero-order valence-corrected chi connectivity index (χ0v) is 13.4. The van der Waals surface area contributed by atoms with Crippen molar-refractivity contribution >= 4 is 18.3 Å². The van der Waals surface area contributed by atoms with Crippen molar-refractivity contribution < 1.29 is 4.79 Å². The first-order valence-corrected chi connectivity index (χ1v) is 7.15. The molecule has 1 aliphatic rings. The molecular weight excluding hydrogens is 272 g/mol. The van der Waals surface area contributed by atoms with Crippen LogP contribution in [-0.2, 0) is 4.79 Å². The number of halogens is 1. The summed E-state index contributed by atoms with van der Waals surface area (Å²) in [5.74, 6) is 0.276. The van der Waals surface area contributed by atoms with E-state index in [1.165, 1.54) is 16.7 Å². The van der Waals surface area contributed by atoms with Gasteiger partial charge in [-0.15, -0.1) is 12.4 Å². The first-order chi connectivity index (χ1) is 9.15. The van der Waals surface area contributed by atoms with Crippen molar-refractivity contribution in [1.29, 1.82) is 0 Å². The van der Waals surface area contributed by atoms with Gasteiger partial charge in [0.25, 0.3) is 0 Å². The van der Waals surface area contributed by atoms with Gasteiger partial charge in [0.2, 0.25) is 5.91 Å². The summed E-state index contributed by atoms with van der Waals surface area (Å²) >= 11 is 0. The lowest BCUT2D eigenvalue weighted by Gasteiger charge is -2.27. The number of carbonyl (C=O) groups excluding carboxylic acids is 1. The van der Waals surface area contributed by atoms with Crippen LogP contribution < -0.4 is 5.32 Å². The highest BCUT2D eigenvalue weighted by atomic mass is 35.5. The molecule has 0 bridgehead atoms. The normalized spacial score (nSPS) is 17.9. The van der Waals surface area contributed by atoms with E-state index in [1.807, 2.05) is 7.05 Å². The predicted octanol–water partition coefficient (Wildman–Crippen LogP) is 3.00. The fourth-order valence-electron chi connectivity index (χ4n) is 2.90. The van der Waals surface area contributed by atoms with Gasteiger partial charge in [-0.2, -0.15) is 0 Å². The van der Waals surface area contributed by atoms with Crippen molar-refractivity contribution in [3.63, 3.8) is 0 Å². The van der Waals surface area contributed by atoms with Gasteiger partial charge >= 0.3 is 0 Å². The van der Waals surface area contributed by atoms with Gasteiger partial charge in [-0.25, -0.2) is 0 Å². The Morgan fingerprint density at radius 1 is 1.40 bits per heavy atom. The van der Waals surface area contributed by atoms with Crippen molar-refractivity contribution in [3.8, 4) is 0 Å². The Morgan fingerprint density at radius 2 is 2.15 bits per heavy atom. The molecule has 1 saturated heterocycles. The van der Waals surface area contributed by atoms with Crippen molar-refractivity contribution in [3.05, 3.63) is 34.9 Å². The second-order valence-corrected chi connectivity index (χ2v) is 5.39. The highest BCUT2D eigenvalue weighted by molar-refractivity contribution is 5.85. The van der Waals surface area contributed by atoms with E-state index in [9.17, 15) is 4.79 Å². The fraction of sp³-hybridized carbons (Fsp3) is 0.562. The minimum absolute atomic E-state index is 0. The Labute approximate surface area is 128 Å². The van der Waals surface area contributed by atoms with Gasteiger partial charge in [0.05, 0.1) is 6.04 Å². The molecule has 1 N–H and O–H groups in total. The molecular formula is C16H25ClN2O. The molecule has 1 aromatic carbocycles. The third-order valence-corrected chi connectivity index (χ3v) is 4.17. The van der Waals surface area contributed by atoms with Gasteiger partial charge in [0.15, 0.2) is 0 Å². The largest absolute Gasteiger partial charge is 0.336 e. The summed E-state index contributed by atoms with van der Waals surface area (Å²) in [7, 11) is 1.89. The predicted molar refractivity (Wildman–Crippen MR) is 85.4 cm³/mol. The number of hydrogen-bond donors (Lipinski definition) is 1. The standard InChI is InChI=1S/C16H24N2O.ClH/c1-12-6-4-7-14(13(12)2)15-8-5-11-18(15)16(19)9-10-17-3;/h4,6-7,15,17H,5,8-11H2,1-3H3;1H. The van der Waals surface area contributed by atoms with Gasteiger partial charge in [-0.05, 0) is 50.4 Å². The van der Waals surface area contributed by atoms with Crippen LogP contribution in [0.15, 0.2) is 18.2 Å². The number of nitrogens with zero attached hydrogens (tertiary/aromatic N) is 1. The molecule has 112 valence electrons. The summed E-state index contributed by atoms with van der Waals surface area (Å²) in [6, 6.07) is 6.70. The van der Waals surface area contributed by atoms with Crippen LogP contribution in [0.4, 0.5) is 0 Å². The van der Waals surface area contributed by atoms with Gasteiger partial charge < -0.3 is 10.2 Å². The molecule has 1 aliphatic heterocycles. The number of aryl methyl sites for hydroxylation is 1. The first kappa shape index (κ1) is 17.0. The third-order valence-electron chi connectivity index (χ3n) is 4.17. The van der Waals surface area contributed by atoms with Crippen molar-refractivity contribution in [2.75, 3.05) is 20.1 Å². The van der Waals surface area contributed by atoms with E-state index in [4.69, 9.17) is 0 Å². The second-order valence-electron chi connectivity index (χ2n) is 5.39. The number of nitrogens with one attached hydrogen (secondary N) is 1. The van der Waals surface area contributed by atoms with Crippen LogP contribution in [0, 0.1) is 13.8 Å². The molecule has 1 heterocycles. The first-order valence-electron chi connectivity index (χ1n) is 7.15. The van der Waals surface area contributed by atoms with Crippen LogP contribution >= 0.6 is 12.4 Å². The van der Waals surface area contributed by atoms with E-state index in [-0.39, 0.29) is 24.4 Å². The number of carbonyl (C=O) groups is 1. The molecule has 1 atom stereocenters. The Hall–Kier alpha value is -1.06. The third kappa shape index (κ3) is 3.53. The van der Waals surface area contributed by atoms with Crippen LogP contribution in [0.2, 0.25) is 0 Å². The summed E-state index contributed by atoms with van der Waals surface area (Å²) in [5.41, 5.74) is 3.98. The molecule has 3 nitrogen and oxygen atoms in total. The minimum Gasteiger partial charge on any atom is -0.336 e. The molecule has 1 fully saturated rings. The van der Waals surface area contributed by atoms with Crippen LogP contribution in [0.3, 0.4) is 0 Å². The molecule has 1 aromatic rings. The summed E-state index contributed by atoms with van der Waals surface area (Å²) in [6.45, 7) is 5.97. The Bertz CT molecular complexity index is 462. The van der Waals surface area contributed by atoms with Crippen LogP contribution in [-0.4, -0.2) is 30.9 Å². The summed E-state index contributed by atoms with van der Waals surface area (Å²) < 4.78 is 0. The molecule has 0 spiro atoms. The lowest BCUT2D eigenvalue weighted by Crippen LogP contribution is -2.32. The van der Waals surface area contributed by atoms with Crippen molar-refractivity contribution in [2.24, 2.45) is 0 Å². The zero-order valence-electron chi connectivity index (χ0n) is 12.6. The Kier molecular flexibility index (Phi) is 6.50. The molecule has 1 unspecified atom stereocenters. The van der Waals surface area contributed by atoms with E-state index in [0.29, 0.717) is 6.42 Å². The molecule has 0 saturated carbocycles. The van der Waals surface area contributed by atoms with E-state index in [2.05, 4.69) is 42.3 Å². The maximum Gasteiger partial charge on any atom is 0.224 e. The van der Waals surface area contributed by atoms with Crippen molar-refractivity contribution in [1.82, 2.24) is 10.2 Å². The minimum atomic E-state index is 0. The van der Waals surface area contributed by atoms with Gasteiger partial charge in [0.1, 0.15) is 0 Å². The lowest BCUT2D eigenvalue weighted by atomic mass is 9.96. The second kappa shape index (κ2) is 7.65.